The van der Waals surface area contributed by atoms with Crippen molar-refractivity contribution >= 4 is 11.8 Å². The molecular formula is C21H19N5O3. The Morgan fingerprint density at radius 1 is 0.897 bits per heavy atom. The number of aromatic nitrogens is 3. The molecule has 29 heavy (non-hydrogen) atoms. The molecule has 2 amide bonds. The second-order valence-electron chi connectivity index (χ2n) is 6.55. The van der Waals surface area contributed by atoms with Gasteiger partial charge in [-0.1, -0.05) is 12.1 Å². The number of carbonyl (C=O) groups excluding carboxylic acids is 2. The Morgan fingerprint density at radius 3 is 2.31 bits per heavy atom. The van der Waals surface area contributed by atoms with Gasteiger partial charge in [0.15, 0.2) is 0 Å². The molecule has 8 nitrogen and oxygen atoms in total. The molecule has 0 atom stereocenters. The largest absolute Gasteiger partial charge is 0.493 e. The van der Waals surface area contributed by atoms with Gasteiger partial charge in [-0.2, -0.15) is 0 Å². The van der Waals surface area contributed by atoms with Crippen molar-refractivity contribution in [2.45, 2.75) is 19.5 Å². The summed E-state index contributed by atoms with van der Waals surface area (Å²) in [7, 11) is 0. The zero-order valence-corrected chi connectivity index (χ0v) is 15.6. The van der Waals surface area contributed by atoms with Crippen molar-refractivity contribution in [3.63, 3.8) is 0 Å². The zero-order valence-electron chi connectivity index (χ0n) is 15.6. The van der Waals surface area contributed by atoms with Crippen molar-refractivity contribution in [1.29, 1.82) is 0 Å². The number of carbonyl (C=O) groups is 2. The van der Waals surface area contributed by atoms with Crippen LogP contribution in [0.15, 0.2) is 55.1 Å². The lowest BCUT2D eigenvalue weighted by atomic mass is 10.1. The first kappa shape index (κ1) is 18.5. The van der Waals surface area contributed by atoms with Crippen LogP contribution in [0.1, 0.15) is 37.7 Å². The Bertz CT molecular complexity index is 1040. The normalized spacial score (nSPS) is 12.0. The van der Waals surface area contributed by atoms with E-state index in [1.165, 1.54) is 12.4 Å². The Morgan fingerprint density at radius 2 is 1.59 bits per heavy atom. The van der Waals surface area contributed by atoms with Crippen LogP contribution >= 0.6 is 0 Å². The SMILES string of the molecule is O=C(NCc1ccncc1)c1cc(C(=O)NCc2ccc3c(c2)CCO3)ncn1. The average molecular weight is 389 g/mol. The molecule has 0 bridgehead atoms. The maximum absolute atomic E-state index is 12.4. The number of ether oxygens (including phenoxy) is 1. The molecule has 1 aromatic carbocycles. The highest BCUT2D eigenvalue weighted by Gasteiger charge is 2.15. The summed E-state index contributed by atoms with van der Waals surface area (Å²) in [5.74, 6) is 0.155. The fourth-order valence-corrected chi connectivity index (χ4v) is 3.00. The maximum atomic E-state index is 12.4. The van der Waals surface area contributed by atoms with Gasteiger partial charge >= 0.3 is 0 Å². The van der Waals surface area contributed by atoms with E-state index in [1.54, 1.807) is 12.4 Å². The number of pyridine rings is 1. The summed E-state index contributed by atoms with van der Waals surface area (Å²) in [6.45, 7) is 1.40. The van der Waals surface area contributed by atoms with Crippen LogP contribution in [-0.4, -0.2) is 33.4 Å². The molecule has 0 aliphatic carbocycles. The molecule has 1 aliphatic rings. The van der Waals surface area contributed by atoms with Crippen molar-refractivity contribution in [2.75, 3.05) is 6.61 Å². The smallest absolute Gasteiger partial charge is 0.270 e. The molecule has 3 aromatic rings. The quantitative estimate of drug-likeness (QED) is 0.664. The predicted molar refractivity (Wildman–Crippen MR) is 104 cm³/mol. The fraction of sp³-hybridized carbons (Fsp3) is 0.190. The van der Waals surface area contributed by atoms with Crippen LogP contribution < -0.4 is 15.4 Å². The first-order valence-corrected chi connectivity index (χ1v) is 9.21. The van der Waals surface area contributed by atoms with Crippen molar-refractivity contribution < 1.29 is 14.3 Å². The van der Waals surface area contributed by atoms with Crippen LogP contribution in [0.2, 0.25) is 0 Å². The fourth-order valence-electron chi connectivity index (χ4n) is 3.00. The average Bonchev–Trinajstić information content (AvgIpc) is 3.24. The van der Waals surface area contributed by atoms with Gasteiger partial charge in [-0.05, 0) is 34.9 Å². The monoisotopic (exact) mass is 389 g/mol. The Labute approximate surface area is 167 Å². The molecular weight excluding hydrogens is 370 g/mol. The Balaban J connectivity index is 1.36. The van der Waals surface area contributed by atoms with Crippen molar-refractivity contribution in [3.8, 4) is 5.75 Å². The molecule has 4 rings (SSSR count). The van der Waals surface area contributed by atoms with Gasteiger partial charge in [0.05, 0.1) is 6.61 Å². The van der Waals surface area contributed by atoms with Crippen molar-refractivity contribution in [3.05, 3.63) is 83.2 Å². The number of hydrogen-bond donors (Lipinski definition) is 2. The lowest BCUT2D eigenvalue weighted by molar-refractivity contribution is 0.0944. The number of fused-ring (bicyclic) bond motifs is 1. The second-order valence-corrected chi connectivity index (χ2v) is 6.55. The molecule has 2 aromatic heterocycles. The van der Waals surface area contributed by atoms with Gasteiger partial charge in [-0.25, -0.2) is 9.97 Å². The third-order valence-corrected chi connectivity index (χ3v) is 4.54. The number of rotatable bonds is 6. The van der Waals surface area contributed by atoms with E-state index in [-0.39, 0.29) is 23.2 Å². The number of amides is 2. The molecule has 1 aliphatic heterocycles. The van der Waals surface area contributed by atoms with Crippen LogP contribution in [0.5, 0.6) is 5.75 Å². The van der Waals surface area contributed by atoms with E-state index < -0.39 is 0 Å². The van der Waals surface area contributed by atoms with Crippen LogP contribution in [0, 0.1) is 0 Å². The molecule has 0 fully saturated rings. The van der Waals surface area contributed by atoms with Gasteiger partial charge < -0.3 is 15.4 Å². The summed E-state index contributed by atoms with van der Waals surface area (Å²) in [6, 6.07) is 10.9. The maximum Gasteiger partial charge on any atom is 0.270 e. The van der Waals surface area contributed by atoms with E-state index in [4.69, 9.17) is 4.74 Å². The lowest BCUT2D eigenvalue weighted by Crippen LogP contribution is -2.27. The van der Waals surface area contributed by atoms with Gasteiger partial charge in [0.25, 0.3) is 11.8 Å². The molecule has 0 saturated carbocycles. The van der Waals surface area contributed by atoms with Gasteiger partial charge in [-0.3, -0.25) is 14.6 Å². The van der Waals surface area contributed by atoms with E-state index in [1.807, 2.05) is 30.3 Å². The minimum atomic E-state index is -0.378. The number of nitrogens with zero attached hydrogens (tertiary/aromatic N) is 3. The van der Waals surface area contributed by atoms with Crippen molar-refractivity contribution in [2.24, 2.45) is 0 Å². The van der Waals surface area contributed by atoms with Crippen LogP contribution in [0.3, 0.4) is 0 Å². The molecule has 8 heteroatoms. The summed E-state index contributed by atoms with van der Waals surface area (Å²) in [5.41, 5.74) is 3.31. The van der Waals surface area contributed by atoms with Gasteiger partial charge in [0, 0.05) is 38.0 Å². The zero-order chi connectivity index (χ0) is 20.1. The summed E-state index contributed by atoms with van der Waals surface area (Å²) < 4.78 is 5.49. The third-order valence-electron chi connectivity index (χ3n) is 4.54. The topological polar surface area (TPSA) is 106 Å². The highest BCUT2D eigenvalue weighted by Crippen LogP contribution is 2.25. The predicted octanol–water partition coefficient (Wildman–Crippen LogP) is 1.67. The van der Waals surface area contributed by atoms with Gasteiger partial charge in [0.1, 0.15) is 23.5 Å². The van der Waals surface area contributed by atoms with E-state index in [0.717, 1.165) is 28.9 Å². The molecule has 3 heterocycles. The lowest BCUT2D eigenvalue weighted by Gasteiger charge is -2.08. The van der Waals surface area contributed by atoms with Gasteiger partial charge in [-0.15, -0.1) is 0 Å². The third kappa shape index (κ3) is 4.55. The van der Waals surface area contributed by atoms with Crippen molar-refractivity contribution in [1.82, 2.24) is 25.6 Å². The molecule has 0 spiro atoms. The second kappa shape index (κ2) is 8.47. The first-order valence-electron chi connectivity index (χ1n) is 9.21. The molecule has 146 valence electrons. The van der Waals surface area contributed by atoms with Crippen LogP contribution in [0.4, 0.5) is 0 Å². The van der Waals surface area contributed by atoms with E-state index >= 15 is 0 Å². The minimum Gasteiger partial charge on any atom is -0.493 e. The number of benzene rings is 1. The standard InChI is InChI=1S/C21H19N5O3/c27-20(23-11-14-3-6-22-7-4-14)17-10-18(26-13-25-17)21(28)24-12-15-1-2-19-16(9-15)5-8-29-19/h1-4,6-7,9-10,13H,5,8,11-12H2,(H,23,27)(H,24,28). The molecule has 0 saturated heterocycles. The van der Waals surface area contributed by atoms with Gasteiger partial charge in [0.2, 0.25) is 0 Å². The summed E-state index contributed by atoms with van der Waals surface area (Å²) in [4.78, 5) is 36.6. The van der Waals surface area contributed by atoms with Crippen LogP contribution in [0.25, 0.3) is 0 Å². The molecule has 2 N–H and O–H groups in total. The molecule has 0 unspecified atom stereocenters. The Hall–Kier alpha value is -3.81. The highest BCUT2D eigenvalue weighted by atomic mass is 16.5. The minimum absolute atomic E-state index is 0.133. The summed E-state index contributed by atoms with van der Waals surface area (Å²) in [5, 5.41) is 5.58. The van der Waals surface area contributed by atoms with E-state index in [0.29, 0.717) is 19.7 Å². The van der Waals surface area contributed by atoms with E-state index in [9.17, 15) is 9.59 Å². The number of hydrogen-bond acceptors (Lipinski definition) is 6. The summed E-state index contributed by atoms with van der Waals surface area (Å²) >= 11 is 0. The van der Waals surface area contributed by atoms with Crippen LogP contribution in [-0.2, 0) is 19.5 Å². The highest BCUT2D eigenvalue weighted by molar-refractivity contribution is 5.97. The first-order chi connectivity index (χ1) is 14.2. The number of nitrogens with one attached hydrogen (secondary N) is 2. The van der Waals surface area contributed by atoms with E-state index in [2.05, 4.69) is 25.6 Å². The molecule has 0 radical (unpaired) electrons. The summed E-state index contributed by atoms with van der Waals surface area (Å²) in [6.07, 6.45) is 5.40. The Kier molecular flexibility index (Phi) is 5.42.